The predicted molar refractivity (Wildman–Crippen MR) is 92.0 cm³/mol. The SMILES string of the molecule is CC1(C)CC(O)c2cc(NC(=O)C3CCN4CCOCC34)ccc21. The number of morpholine rings is 1. The number of carbonyl (C=O) groups is 1. The van der Waals surface area contributed by atoms with Crippen molar-refractivity contribution in [1.29, 1.82) is 0 Å². The molecule has 2 N–H and O–H groups in total. The number of ether oxygens (including phenoxy) is 1. The van der Waals surface area contributed by atoms with Crippen LogP contribution < -0.4 is 5.32 Å². The van der Waals surface area contributed by atoms with Crippen LogP contribution in [0.15, 0.2) is 18.2 Å². The summed E-state index contributed by atoms with van der Waals surface area (Å²) in [4.78, 5) is 15.1. The molecule has 24 heavy (non-hydrogen) atoms. The number of anilines is 1. The lowest BCUT2D eigenvalue weighted by Crippen LogP contribution is -2.46. The summed E-state index contributed by atoms with van der Waals surface area (Å²) in [7, 11) is 0. The molecule has 0 aromatic heterocycles. The minimum Gasteiger partial charge on any atom is -0.388 e. The van der Waals surface area contributed by atoms with Gasteiger partial charge in [0.2, 0.25) is 5.91 Å². The molecule has 2 fully saturated rings. The number of nitrogens with zero attached hydrogens (tertiary/aromatic N) is 1. The quantitative estimate of drug-likeness (QED) is 0.871. The molecule has 1 aromatic rings. The van der Waals surface area contributed by atoms with Crippen molar-refractivity contribution in [2.45, 2.75) is 44.2 Å². The second-order valence-electron chi connectivity index (χ2n) is 7.97. The van der Waals surface area contributed by atoms with E-state index in [-0.39, 0.29) is 23.3 Å². The van der Waals surface area contributed by atoms with Gasteiger partial charge in [0, 0.05) is 18.3 Å². The van der Waals surface area contributed by atoms with Gasteiger partial charge in [-0.2, -0.15) is 0 Å². The monoisotopic (exact) mass is 330 g/mol. The molecule has 1 amide bonds. The van der Waals surface area contributed by atoms with Crippen molar-refractivity contribution >= 4 is 11.6 Å². The molecule has 3 aliphatic rings. The van der Waals surface area contributed by atoms with Crippen LogP contribution in [0.4, 0.5) is 5.69 Å². The van der Waals surface area contributed by atoms with Crippen LogP contribution in [-0.2, 0) is 14.9 Å². The van der Waals surface area contributed by atoms with E-state index >= 15 is 0 Å². The van der Waals surface area contributed by atoms with Gasteiger partial charge in [0.1, 0.15) is 0 Å². The fourth-order valence-electron chi connectivity index (χ4n) is 4.58. The van der Waals surface area contributed by atoms with Crippen LogP contribution in [0.5, 0.6) is 0 Å². The molecule has 1 aromatic carbocycles. The fourth-order valence-corrected chi connectivity index (χ4v) is 4.58. The Morgan fingerprint density at radius 1 is 1.38 bits per heavy atom. The number of nitrogens with one attached hydrogen (secondary N) is 1. The van der Waals surface area contributed by atoms with E-state index in [0.717, 1.165) is 43.8 Å². The van der Waals surface area contributed by atoms with Gasteiger partial charge in [-0.05, 0) is 48.1 Å². The molecule has 0 saturated carbocycles. The maximum absolute atomic E-state index is 12.7. The molecule has 0 bridgehead atoms. The topological polar surface area (TPSA) is 61.8 Å². The Kier molecular flexibility index (Phi) is 3.90. The van der Waals surface area contributed by atoms with Crippen LogP contribution in [0.3, 0.4) is 0 Å². The molecule has 0 spiro atoms. The zero-order valence-electron chi connectivity index (χ0n) is 14.4. The Morgan fingerprint density at radius 2 is 2.21 bits per heavy atom. The van der Waals surface area contributed by atoms with Crippen molar-refractivity contribution in [1.82, 2.24) is 4.90 Å². The standard InChI is InChI=1S/C19H26N2O3/c1-19(2)10-17(22)14-9-12(3-4-15(14)19)20-18(23)13-5-6-21-7-8-24-11-16(13)21/h3-4,9,13,16-17,22H,5-8,10-11H2,1-2H3,(H,20,23). The van der Waals surface area contributed by atoms with Gasteiger partial charge in [-0.25, -0.2) is 0 Å². The van der Waals surface area contributed by atoms with Gasteiger partial charge < -0.3 is 15.2 Å². The first-order valence-corrected chi connectivity index (χ1v) is 8.91. The minimum atomic E-state index is -0.444. The smallest absolute Gasteiger partial charge is 0.229 e. The predicted octanol–water partition coefficient (Wildman–Crippen LogP) is 2.06. The molecular weight excluding hydrogens is 304 g/mol. The molecule has 3 atom stereocenters. The van der Waals surface area contributed by atoms with Crippen molar-refractivity contribution in [3.63, 3.8) is 0 Å². The first-order valence-electron chi connectivity index (χ1n) is 8.91. The highest BCUT2D eigenvalue weighted by Gasteiger charge is 2.40. The highest BCUT2D eigenvalue weighted by molar-refractivity contribution is 5.93. The molecule has 2 aliphatic heterocycles. The van der Waals surface area contributed by atoms with E-state index in [9.17, 15) is 9.90 Å². The van der Waals surface area contributed by atoms with E-state index in [1.54, 1.807) is 0 Å². The van der Waals surface area contributed by atoms with Crippen molar-refractivity contribution in [2.75, 3.05) is 31.6 Å². The molecule has 2 heterocycles. The minimum absolute atomic E-state index is 0.0112. The van der Waals surface area contributed by atoms with Crippen molar-refractivity contribution < 1.29 is 14.6 Å². The van der Waals surface area contributed by atoms with Gasteiger partial charge in [-0.1, -0.05) is 19.9 Å². The molecule has 3 unspecified atom stereocenters. The number of hydrogen-bond donors (Lipinski definition) is 2. The number of amides is 1. The van der Waals surface area contributed by atoms with E-state index in [2.05, 4.69) is 24.1 Å². The molecule has 5 nitrogen and oxygen atoms in total. The third-order valence-electron chi connectivity index (χ3n) is 5.92. The van der Waals surface area contributed by atoms with Gasteiger partial charge in [0.05, 0.1) is 25.2 Å². The third kappa shape index (κ3) is 2.65. The summed E-state index contributed by atoms with van der Waals surface area (Å²) >= 11 is 0. The van der Waals surface area contributed by atoms with Crippen LogP contribution >= 0.6 is 0 Å². The number of aliphatic hydroxyl groups excluding tert-OH is 1. The lowest BCUT2D eigenvalue weighted by Gasteiger charge is -2.31. The Labute approximate surface area is 143 Å². The summed E-state index contributed by atoms with van der Waals surface area (Å²) in [6.45, 7) is 7.61. The van der Waals surface area contributed by atoms with Gasteiger partial charge in [0.15, 0.2) is 0 Å². The Balaban J connectivity index is 1.50. The molecule has 5 heteroatoms. The second-order valence-corrected chi connectivity index (χ2v) is 7.97. The van der Waals surface area contributed by atoms with Gasteiger partial charge in [0.25, 0.3) is 0 Å². The average molecular weight is 330 g/mol. The molecule has 130 valence electrons. The summed E-state index contributed by atoms with van der Waals surface area (Å²) in [6.07, 6.45) is 1.18. The first kappa shape index (κ1) is 16.1. The number of benzene rings is 1. The van der Waals surface area contributed by atoms with E-state index in [1.807, 2.05) is 18.2 Å². The van der Waals surface area contributed by atoms with Crippen molar-refractivity contribution in [3.8, 4) is 0 Å². The van der Waals surface area contributed by atoms with Crippen LogP contribution in [0.25, 0.3) is 0 Å². The van der Waals surface area contributed by atoms with Crippen LogP contribution in [-0.4, -0.2) is 48.3 Å². The number of rotatable bonds is 2. The third-order valence-corrected chi connectivity index (χ3v) is 5.92. The van der Waals surface area contributed by atoms with Crippen LogP contribution in [0, 0.1) is 5.92 Å². The van der Waals surface area contributed by atoms with Gasteiger partial charge in [-0.15, -0.1) is 0 Å². The summed E-state index contributed by atoms with van der Waals surface area (Å²) in [5.74, 6) is 0.0552. The maximum Gasteiger partial charge on any atom is 0.229 e. The number of hydrogen-bond acceptors (Lipinski definition) is 4. The summed E-state index contributed by atoms with van der Waals surface area (Å²) < 4.78 is 5.56. The normalized spacial score (nSPS) is 31.5. The summed E-state index contributed by atoms with van der Waals surface area (Å²) in [6, 6.07) is 6.15. The fraction of sp³-hybridized carbons (Fsp3) is 0.632. The highest BCUT2D eigenvalue weighted by atomic mass is 16.5. The average Bonchev–Trinajstić information content (AvgIpc) is 3.07. The van der Waals surface area contributed by atoms with E-state index in [0.29, 0.717) is 6.61 Å². The lowest BCUT2D eigenvalue weighted by molar-refractivity contribution is -0.122. The lowest BCUT2D eigenvalue weighted by atomic mass is 9.86. The largest absolute Gasteiger partial charge is 0.388 e. The van der Waals surface area contributed by atoms with E-state index in [4.69, 9.17) is 4.74 Å². The Morgan fingerprint density at radius 3 is 3.04 bits per heavy atom. The van der Waals surface area contributed by atoms with Gasteiger partial charge in [-0.3, -0.25) is 9.69 Å². The molecule has 1 aliphatic carbocycles. The van der Waals surface area contributed by atoms with Crippen LogP contribution in [0.1, 0.15) is 43.9 Å². The zero-order valence-corrected chi connectivity index (χ0v) is 14.4. The van der Waals surface area contributed by atoms with Crippen molar-refractivity contribution in [3.05, 3.63) is 29.3 Å². The molecule has 2 saturated heterocycles. The van der Waals surface area contributed by atoms with E-state index in [1.165, 1.54) is 5.56 Å². The van der Waals surface area contributed by atoms with Gasteiger partial charge >= 0.3 is 0 Å². The number of fused-ring (bicyclic) bond motifs is 2. The number of aliphatic hydroxyl groups is 1. The van der Waals surface area contributed by atoms with E-state index < -0.39 is 6.10 Å². The van der Waals surface area contributed by atoms with Crippen LogP contribution in [0.2, 0.25) is 0 Å². The molecule has 0 radical (unpaired) electrons. The van der Waals surface area contributed by atoms with Crippen molar-refractivity contribution in [2.24, 2.45) is 5.92 Å². The molecule has 4 rings (SSSR count). The first-order chi connectivity index (χ1) is 11.5. The Hall–Kier alpha value is -1.43. The summed E-state index contributed by atoms with van der Waals surface area (Å²) in [5, 5.41) is 13.4. The Bertz CT molecular complexity index is 658. The highest BCUT2D eigenvalue weighted by Crippen LogP contribution is 2.45. The second kappa shape index (κ2) is 5.83. The number of carbonyl (C=O) groups excluding carboxylic acids is 1. The summed E-state index contributed by atoms with van der Waals surface area (Å²) in [5.41, 5.74) is 2.90. The molecular formula is C19H26N2O3. The maximum atomic E-state index is 12.7. The zero-order chi connectivity index (χ0) is 16.9.